The van der Waals surface area contributed by atoms with E-state index in [0.717, 1.165) is 11.3 Å². The number of pyridine rings is 1. The maximum absolute atomic E-state index is 4.60. The number of rotatable bonds is 2. The molecule has 0 unspecified atom stereocenters. The van der Waals surface area contributed by atoms with E-state index >= 15 is 0 Å². The highest BCUT2D eigenvalue weighted by molar-refractivity contribution is 5.79. The van der Waals surface area contributed by atoms with Gasteiger partial charge in [0.25, 0.3) is 0 Å². The van der Waals surface area contributed by atoms with Gasteiger partial charge in [-0.15, -0.1) is 0 Å². The summed E-state index contributed by atoms with van der Waals surface area (Å²) < 4.78 is 2.04. The van der Waals surface area contributed by atoms with Gasteiger partial charge in [-0.05, 0) is 36.3 Å². The highest BCUT2D eigenvalue weighted by Gasteiger charge is 2.02. The largest absolute Gasteiger partial charge is 0.306 e. The van der Waals surface area contributed by atoms with Gasteiger partial charge < -0.3 is 4.40 Å². The van der Waals surface area contributed by atoms with E-state index in [1.165, 1.54) is 11.1 Å². The summed E-state index contributed by atoms with van der Waals surface area (Å²) in [6.07, 6.45) is 6.23. The zero-order valence-electron chi connectivity index (χ0n) is 10.2. The van der Waals surface area contributed by atoms with Crippen LogP contribution in [0, 0.1) is 0 Å². The Morgan fingerprint density at radius 1 is 1.06 bits per heavy atom. The second-order valence-electron chi connectivity index (χ2n) is 4.33. The third-order valence-corrected chi connectivity index (χ3v) is 2.95. The van der Waals surface area contributed by atoms with Crippen LogP contribution in [-0.4, -0.2) is 9.38 Å². The first-order valence-electron chi connectivity index (χ1n) is 6.00. The van der Waals surface area contributed by atoms with E-state index in [4.69, 9.17) is 0 Å². The average Bonchev–Trinajstić information content (AvgIpc) is 2.84. The van der Waals surface area contributed by atoms with E-state index in [2.05, 4.69) is 36.3 Å². The number of aromatic nitrogens is 2. The summed E-state index contributed by atoms with van der Waals surface area (Å²) in [6, 6.07) is 16.3. The van der Waals surface area contributed by atoms with Crippen molar-refractivity contribution in [2.75, 3.05) is 0 Å². The molecule has 2 aromatic heterocycles. The lowest BCUT2D eigenvalue weighted by molar-refractivity contribution is 1.19. The van der Waals surface area contributed by atoms with Crippen LogP contribution in [0.2, 0.25) is 0 Å². The fraction of sp³-hybridized carbons (Fsp3) is 0.0625. The summed E-state index contributed by atoms with van der Waals surface area (Å²) in [5.41, 5.74) is 4.37. The van der Waals surface area contributed by atoms with Crippen molar-refractivity contribution in [1.82, 2.24) is 9.38 Å². The first kappa shape index (κ1) is 10.8. The van der Waals surface area contributed by atoms with Crippen LogP contribution in [0.4, 0.5) is 0 Å². The normalized spacial score (nSPS) is 11.9. The highest BCUT2D eigenvalue weighted by Crippen LogP contribution is 2.17. The van der Waals surface area contributed by atoms with Crippen molar-refractivity contribution < 1.29 is 0 Å². The lowest BCUT2D eigenvalue weighted by Gasteiger charge is -1.96. The maximum atomic E-state index is 4.60. The van der Waals surface area contributed by atoms with Crippen molar-refractivity contribution >= 4 is 17.3 Å². The second kappa shape index (κ2) is 4.49. The number of hydrogen-bond acceptors (Lipinski definition) is 1. The lowest BCUT2D eigenvalue weighted by Crippen LogP contribution is -1.79. The van der Waals surface area contributed by atoms with Gasteiger partial charge in [0.1, 0.15) is 5.65 Å². The molecule has 0 aliphatic rings. The van der Waals surface area contributed by atoms with Gasteiger partial charge in [0.05, 0.1) is 5.69 Å². The van der Waals surface area contributed by atoms with Crippen molar-refractivity contribution in [3.8, 4) is 0 Å². The van der Waals surface area contributed by atoms with Crippen molar-refractivity contribution in [2.24, 2.45) is 0 Å². The van der Waals surface area contributed by atoms with Gasteiger partial charge in [-0.25, -0.2) is 4.98 Å². The molecule has 0 aliphatic carbocycles. The van der Waals surface area contributed by atoms with Crippen molar-refractivity contribution in [2.45, 2.75) is 6.92 Å². The van der Waals surface area contributed by atoms with E-state index < -0.39 is 0 Å². The molecule has 1 aromatic carbocycles. The van der Waals surface area contributed by atoms with Gasteiger partial charge in [0, 0.05) is 12.4 Å². The summed E-state index contributed by atoms with van der Waals surface area (Å²) in [6.45, 7) is 2.09. The molecule has 0 spiro atoms. The maximum Gasteiger partial charge on any atom is 0.137 e. The minimum atomic E-state index is 0.980. The Bertz CT molecular complexity index is 660. The lowest BCUT2D eigenvalue weighted by atomic mass is 10.1. The Balaban J connectivity index is 2.01. The molecule has 2 heterocycles. The zero-order chi connectivity index (χ0) is 12.4. The van der Waals surface area contributed by atoms with Gasteiger partial charge >= 0.3 is 0 Å². The number of benzene rings is 1. The molecule has 2 nitrogen and oxygen atoms in total. The van der Waals surface area contributed by atoms with E-state index in [1.807, 2.05) is 47.0 Å². The van der Waals surface area contributed by atoms with Crippen LogP contribution in [-0.2, 0) is 0 Å². The molecule has 0 saturated heterocycles. The molecule has 0 N–H and O–H groups in total. The minimum Gasteiger partial charge on any atom is -0.306 e. The van der Waals surface area contributed by atoms with E-state index in [1.54, 1.807) is 0 Å². The number of allylic oxidation sites excluding steroid dienone is 1. The Kier molecular flexibility index (Phi) is 2.69. The van der Waals surface area contributed by atoms with Crippen molar-refractivity contribution in [3.05, 3.63) is 72.2 Å². The Morgan fingerprint density at radius 2 is 1.83 bits per heavy atom. The average molecular weight is 234 g/mol. The first-order chi connectivity index (χ1) is 8.83. The summed E-state index contributed by atoms with van der Waals surface area (Å²) in [5.74, 6) is 0. The fourth-order valence-electron chi connectivity index (χ4n) is 2.00. The molecular weight excluding hydrogens is 220 g/mol. The molecule has 0 fully saturated rings. The SMILES string of the molecule is C/C(=C/c1ccccc1)c1cn2ccccc2n1. The summed E-state index contributed by atoms with van der Waals surface area (Å²) >= 11 is 0. The van der Waals surface area contributed by atoms with Crippen LogP contribution in [0.15, 0.2) is 60.9 Å². The molecule has 2 heteroatoms. The van der Waals surface area contributed by atoms with Crippen LogP contribution >= 0.6 is 0 Å². The first-order valence-corrected chi connectivity index (χ1v) is 6.00. The molecule has 3 aromatic rings. The summed E-state index contributed by atoms with van der Waals surface area (Å²) in [7, 11) is 0. The predicted molar refractivity (Wildman–Crippen MR) is 75.2 cm³/mol. The molecule has 0 amide bonds. The van der Waals surface area contributed by atoms with Gasteiger partial charge in [0.15, 0.2) is 0 Å². The molecule has 18 heavy (non-hydrogen) atoms. The third-order valence-electron chi connectivity index (χ3n) is 2.95. The van der Waals surface area contributed by atoms with Crippen LogP contribution in [0.1, 0.15) is 18.2 Å². The third kappa shape index (κ3) is 2.05. The second-order valence-corrected chi connectivity index (χ2v) is 4.33. The number of nitrogens with zero attached hydrogens (tertiary/aromatic N) is 2. The molecule has 0 bridgehead atoms. The molecule has 0 aliphatic heterocycles. The van der Waals surface area contributed by atoms with E-state index in [0.29, 0.717) is 0 Å². The number of hydrogen-bond donors (Lipinski definition) is 0. The zero-order valence-corrected chi connectivity index (χ0v) is 10.2. The van der Waals surface area contributed by atoms with Gasteiger partial charge in [-0.2, -0.15) is 0 Å². The van der Waals surface area contributed by atoms with Gasteiger partial charge in [0.2, 0.25) is 0 Å². The molecule has 3 rings (SSSR count). The van der Waals surface area contributed by atoms with E-state index in [-0.39, 0.29) is 0 Å². The van der Waals surface area contributed by atoms with Crippen LogP contribution in [0.5, 0.6) is 0 Å². The Hall–Kier alpha value is -2.35. The summed E-state index contributed by atoms with van der Waals surface area (Å²) in [4.78, 5) is 4.60. The van der Waals surface area contributed by atoms with Crippen molar-refractivity contribution in [3.63, 3.8) is 0 Å². The minimum absolute atomic E-state index is 0.980. The smallest absolute Gasteiger partial charge is 0.137 e. The van der Waals surface area contributed by atoms with Crippen LogP contribution < -0.4 is 0 Å². The molecule has 88 valence electrons. The predicted octanol–water partition coefficient (Wildman–Crippen LogP) is 3.89. The summed E-state index contributed by atoms with van der Waals surface area (Å²) in [5, 5.41) is 0. The highest BCUT2D eigenvalue weighted by atomic mass is 15.0. The monoisotopic (exact) mass is 234 g/mol. The van der Waals surface area contributed by atoms with E-state index in [9.17, 15) is 0 Å². The standard InChI is InChI=1S/C16H14N2/c1-13(11-14-7-3-2-4-8-14)15-12-18-10-6-5-9-16(18)17-15/h2-12H,1H3/b13-11-. The molecule has 0 radical (unpaired) electrons. The molecular formula is C16H14N2. The quantitative estimate of drug-likeness (QED) is 0.657. The van der Waals surface area contributed by atoms with Gasteiger partial charge in [-0.3, -0.25) is 0 Å². The van der Waals surface area contributed by atoms with Crippen LogP contribution in [0.25, 0.3) is 17.3 Å². The Morgan fingerprint density at radius 3 is 2.61 bits per heavy atom. The van der Waals surface area contributed by atoms with Crippen LogP contribution in [0.3, 0.4) is 0 Å². The van der Waals surface area contributed by atoms with Crippen molar-refractivity contribution in [1.29, 1.82) is 0 Å². The Labute approximate surface area is 106 Å². The molecule has 0 atom stereocenters. The fourth-order valence-corrected chi connectivity index (χ4v) is 2.00. The number of imidazole rings is 1. The molecule has 0 saturated carbocycles. The topological polar surface area (TPSA) is 17.3 Å². The number of fused-ring (bicyclic) bond motifs is 1. The van der Waals surface area contributed by atoms with Gasteiger partial charge in [-0.1, -0.05) is 36.4 Å².